The topological polar surface area (TPSA) is 95.9 Å². The van der Waals surface area contributed by atoms with Crippen LogP contribution in [0, 0.1) is 11.8 Å². The number of alkyl carbamates (subject to hydrolysis) is 1. The van der Waals surface area contributed by atoms with Crippen molar-refractivity contribution in [2.75, 3.05) is 20.2 Å². The van der Waals surface area contributed by atoms with E-state index in [9.17, 15) is 19.5 Å². The zero-order chi connectivity index (χ0) is 24.5. The minimum absolute atomic E-state index is 0.00847. The minimum atomic E-state index is -1.29. The lowest BCUT2D eigenvalue weighted by Gasteiger charge is -2.32. The van der Waals surface area contributed by atoms with Crippen molar-refractivity contribution in [2.45, 2.75) is 44.6 Å². The van der Waals surface area contributed by atoms with Crippen LogP contribution in [0.15, 0.2) is 48.5 Å². The van der Waals surface area contributed by atoms with Crippen LogP contribution in [0.1, 0.15) is 50.2 Å². The molecule has 0 aliphatic heterocycles. The number of carbonyl (C=O) groups is 3. The van der Waals surface area contributed by atoms with Crippen molar-refractivity contribution in [3.05, 3.63) is 59.7 Å². The lowest BCUT2D eigenvalue weighted by atomic mass is 9.96. The molecule has 0 radical (unpaired) electrons. The van der Waals surface area contributed by atoms with Crippen molar-refractivity contribution < 1.29 is 24.2 Å². The average Bonchev–Trinajstić information content (AvgIpc) is 3.62. The van der Waals surface area contributed by atoms with E-state index in [0.717, 1.165) is 24.0 Å². The predicted octanol–water partition coefficient (Wildman–Crippen LogP) is 4.26. The number of hydrogen-bond donors (Lipinski definition) is 2. The normalized spacial score (nSPS) is 15.7. The number of benzene rings is 2. The molecule has 1 saturated carbocycles. The third kappa shape index (κ3) is 4.79. The Morgan fingerprint density at radius 3 is 2.15 bits per heavy atom. The average molecular weight is 465 g/mol. The number of carboxylic acid groups (broad SMARTS) is 1. The molecule has 1 unspecified atom stereocenters. The minimum Gasteiger partial charge on any atom is -0.480 e. The van der Waals surface area contributed by atoms with Gasteiger partial charge in [-0.1, -0.05) is 48.5 Å². The number of rotatable bonds is 9. The van der Waals surface area contributed by atoms with E-state index in [0.29, 0.717) is 12.5 Å². The Bertz CT molecular complexity index is 1050. The first-order chi connectivity index (χ1) is 16.2. The number of carbonyl (C=O) groups excluding carboxylic acids is 2. The van der Waals surface area contributed by atoms with Crippen LogP contribution in [0.4, 0.5) is 4.79 Å². The summed E-state index contributed by atoms with van der Waals surface area (Å²) in [5.41, 5.74) is 3.37. The number of amides is 2. The number of aliphatic carboxylic acids is 1. The van der Waals surface area contributed by atoms with Crippen LogP contribution < -0.4 is 5.32 Å². The molecule has 0 heterocycles. The van der Waals surface area contributed by atoms with E-state index in [1.54, 1.807) is 0 Å². The monoisotopic (exact) mass is 464 g/mol. The quantitative estimate of drug-likeness (QED) is 0.578. The summed E-state index contributed by atoms with van der Waals surface area (Å²) >= 11 is 0. The van der Waals surface area contributed by atoms with Gasteiger partial charge in [0.05, 0.1) is 0 Å². The standard InChI is InChI=1S/C27H32N2O5/c1-27(2,25(31)32)29(3)24(30)14-18(17-12-13-17)15-28-26(33)34-16-23-21-10-6-4-8-19(21)20-9-5-7-11-22(20)23/h4-11,17-18,23H,12-16H2,1-3H3,(H,28,33)(H,31,32). The summed E-state index contributed by atoms with van der Waals surface area (Å²) in [6.45, 7) is 3.58. The van der Waals surface area contributed by atoms with Gasteiger partial charge in [-0.25, -0.2) is 9.59 Å². The van der Waals surface area contributed by atoms with Crippen molar-refractivity contribution >= 4 is 18.0 Å². The fourth-order valence-electron chi connectivity index (χ4n) is 4.65. The molecule has 2 aliphatic carbocycles. The highest BCUT2D eigenvalue weighted by Gasteiger charge is 2.39. The largest absolute Gasteiger partial charge is 0.480 e. The summed E-state index contributed by atoms with van der Waals surface area (Å²) in [6.07, 6.45) is 1.72. The second-order valence-corrected chi connectivity index (χ2v) is 9.83. The van der Waals surface area contributed by atoms with Crippen LogP contribution >= 0.6 is 0 Å². The molecule has 1 atom stereocenters. The van der Waals surface area contributed by atoms with Crippen LogP contribution in [-0.2, 0) is 14.3 Å². The van der Waals surface area contributed by atoms with Crippen molar-refractivity contribution in [2.24, 2.45) is 11.8 Å². The van der Waals surface area contributed by atoms with Gasteiger partial charge in [0.15, 0.2) is 0 Å². The van der Waals surface area contributed by atoms with E-state index < -0.39 is 17.6 Å². The van der Waals surface area contributed by atoms with Crippen LogP contribution in [0.5, 0.6) is 0 Å². The zero-order valence-electron chi connectivity index (χ0n) is 19.9. The Morgan fingerprint density at radius 1 is 1.06 bits per heavy atom. The Labute approximate surface area is 200 Å². The fourth-order valence-corrected chi connectivity index (χ4v) is 4.65. The third-order valence-electron chi connectivity index (χ3n) is 7.31. The van der Waals surface area contributed by atoms with E-state index in [4.69, 9.17) is 4.74 Å². The fraction of sp³-hybridized carbons (Fsp3) is 0.444. The van der Waals surface area contributed by atoms with Crippen molar-refractivity contribution in [3.8, 4) is 11.1 Å². The summed E-state index contributed by atoms with van der Waals surface area (Å²) in [5.74, 6) is -0.980. The maximum Gasteiger partial charge on any atom is 0.407 e. The maximum atomic E-state index is 12.7. The van der Waals surface area contributed by atoms with Crippen molar-refractivity contribution in [1.82, 2.24) is 10.2 Å². The number of hydrogen-bond acceptors (Lipinski definition) is 4. The van der Waals surface area contributed by atoms with Crippen molar-refractivity contribution in [3.63, 3.8) is 0 Å². The van der Waals surface area contributed by atoms with Gasteiger partial charge in [0, 0.05) is 25.9 Å². The molecule has 34 heavy (non-hydrogen) atoms. The van der Waals surface area contributed by atoms with Gasteiger partial charge in [0.2, 0.25) is 5.91 Å². The molecule has 7 nitrogen and oxygen atoms in total. The highest BCUT2D eigenvalue weighted by molar-refractivity contribution is 5.86. The van der Waals surface area contributed by atoms with Gasteiger partial charge in [0.25, 0.3) is 0 Å². The van der Waals surface area contributed by atoms with E-state index in [2.05, 4.69) is 29.6 Å². The van der Waals surface area contributed by atoms with Gasteiger partial charge in [-0.05, 0) is 60.8 Å². The van der Waals surface area contributed by atoms with Crippen LogP contribution in [0.3, 0.4) is 0 Å². The molecule has 2 aromatic carbocycles. The van der Waals surface area contributed by atoms with Gasteiger partial charge in [-0.3, -0.25) is 4.79 Å². The molecule has 4 rings (SSSR count). The summed E-state index contributed by atoms with van der Waals surface area (Å²) in [5, 5.41) is 12.2. The summed E-state index contributed by atoms with van der Waals surface area (Å²) in [7, 11) is 1.51. The lowest BCUT2D eigenvalue weighted by Crippen LogP contribution is -2.51. The Morgan fingerprint density at radius 2 is 1.62 bits per heavy atom. The van der Waals surface area contributed by atoms with Gasteiger partial charge < -0.3 is 20.1 Å². The Balaban J connectivity index is 1.33. The van der Waals surface area contributed by atoms with Gasteiger partial charge >= 0.3 is 12.1 Å². The first kappa shape index (κ1) is 23.8. The van der Waals surface area contributed by atoms with Crippen LogP contribution in [0.25, 0.3) is 11.1 Å². The molecule has 2 aliphatic rings. The zero-order valence-corrected chi connectivity index (χ0v) is 19.9. The number of likely N-dealkylation sites (N-methyl/N-ethyl adjacent to an activating group) is 1. The van der Waals surface area contributed by atoms with Crippen LogP contribution in [0.2, 0.25) is 0 Å². The van der Waals surface area contributed by atoms with Gasteiger partial charge in [-0.2, -0.15) is 0 Å². The van der Waals surface area contributed by atoms with Gasteiger partial charge in [-0.15, -0.1) is 0 Å². The highest BCUT2D eigenvalue weighted by atomic mass is 16.5. The highest BCUT2D eigenvalue weighted by Crippen LogP contribution is 2.44. The number of nitrogens with one attached hydrogen (secondary N) is 1. The molecular weight excluding hydrogens is 432 g/mol. The number of carboxylic acids is 1. The first-order valence-corrected chi connectivity index (χ1v) is 11.8. The SMILES string of the molecule is CN(C(=O)CC(CNC(=O)OCC1c2ccccc2-c2ccccc21)C1CC1)C(C)(C)C(=O)O. The molecule has 0 saturated heterocycles. The number of ether oxygens (including phenoxy) is 1. The number of fused-ring (bicyclic) bond motifs is 3. The van der Waals surface area contributed by atoms with E-state index in [1.165, 1.54) is 36.9 Å². The molecule has 180 valence electrons. The Hall–Kier alpha value is -3.35. The molecule has 0 bridgehead atoms. The summed E-state index contributed by atoms with van der Waals surface area (Å²) in [4.78, 5) is 38.0. The lowest BCUT2D eigenvalue weighted by molar-refractivity contribution is -0.155. The molecule has 2 amide bonds. The molecule has 1 fully saturated rings. The predicted molar refractivity (Wildman–Crippen MR) is 128 cm³/mol. The smallest absolute Gasteiger partial charge is 0.407 e. The summed E-state index contributed by atoms with van der Waals surface area (Å²) in [6, 6.07) is 16.4. The maximum absolute atomic E-state index is 12.7. The molecular formula is C27H32N2O5. The molecule has 7 heteroatoms. The van der Waals surface area contributed by atoms with E-state index in [-0.39, 0.29) is 30.8 Å². The van der Waals surface area contributed by atoms with Crippen LogP contribution in [-0.4, -0.2) is 53.7 Å². The third-order valence-corrected chi connectivity index (χ3v) is 7.31. The van der Waals surface area contributed by atoms with E-state index >= 15 is 0 Å². The molecule has 2 N–H and O–H groups in total. The summed E-state index contributed by atoms with van der Waals surface area (Å²) < 4.78 is 5.61. The number of nitrogens with zero attached hydrogens (tertiary/aromatic N) is 1. The van der Waals surface area contributed by atoms with Crippen molar-refractivity contribution in [1.29, 1.82) is 0 Å². The first-order valence-electron chi connectivity index (χ1n) is 11.8. The molecule has 0 spiro atoms. The van der Waals surface area contributed by atoms with E-state index in [1.807, 2.05) is 24.3 Å². The van der Waals surface area contributed by atoms with Gasteiger partial charge in [0.1, 0.15) is 12.1 Å². The second-order valence-electron chi connectivity index (χ2n) is 9.83. The molecule has 2 aromatic rings. The Kier molecular flexibility index (Phi) is 6.64. The molecule has 0 aromatic heterocycles. The second kappa shape index (κ2) is 9.49.